The standard InChI is InChI=1S/C17H23N5O/c1-3-6-18-15-11-13(2)20-17(21-15)14-4-5-16(19-12-14)22-7-9-23-10-8-22/h4-5,11-12H,3,6-10H2,1-2H3,(H,18,20,21). The molecule has 3 heterocycles. The molecule has 0 bridgehead atoms. The number of anilines is 2. The van der Waals surface area contributed by atoms with Gasteiger partial charge in [0, 0.05) is 43.2 Å². The molecule has 0 unspecified atom stereocenters. The first-order valence-electron chi connectivity index (χ1n) is 8.15. The van der Waals surface area contributed by atoms with Gasteiger partial charge in [-0.2, -0.15) is 0 Å². The zero-order valence-electron chi connectivity index (χ0n) is 13.7. The Labute approximate surface area is 136 Å². The van der Waals surface area contributed by atoms with Gasteiger partial charge in [-0.15, -0.1) is 0 Å². The third-order valence-corrected chi connectivity index (χ3v) is 3.75. The third-order valence-electron chi connectivity index (χ3n) is 3.75. The Balaban J connectivity index is 1.79. The first-order chi connectivity index (χ1) is 11.3. The first-order valence-corrected chi connectivity index (χ1v) is 8.15. The number of hydrogen-bond donors (Lipinski definition) is 1. The van der Waals surface area contributed by atoms with Gasteiger partial charge >= 0.3 is 0 Å². The van der Waals surface area contributed by atoms with E-state index in [-0.39, 0.29) is 0 Å². The average Bonchev–Trinajstić information content (AvgIpc) is 2.60. The monoisotopic (exact) mass is 313 g/mol. The minimum Gasteiger partial charge on any atom is -0.378 e. The topological polar surface area (TPSA) is 63.2 Å². The van der Waals surface area contributed by atoms with Gasteiger partial charge in [0.2, 0.25) is 0 Å². The average molecular weight is 313 g/mol. The number of pyridine rings is 1. The Bertz CT molecular complexity index is 638. The van der Waals surface area contributed by atoms with Crippen LogP contribution < -0.4 is 10.2 Å². The molecule has 0 amide bonds. The minimum absolute atomic E-state index is 0.713. The molecular formula is C17H23N5O. The van der Waals surface area contributed by atoms with Crippen molar-refractivity contribution in [1.29, 1.82) is 0 Å². The van der Waals surface area contributed by atoms with Crippen LogP contribution in [0.4, 0.5) is 11.6 Å². The van der Waals surface area contributed by atoms with Crippen LogP contribution in [0, 0.1) is 6.92 Å². The molecule has 6 nitrogen and oxygen atoms in total. The molecule has 122 valence electrons. The Morgan fingerprint density at radius 1 is 1.22 bits per heavy atom. The molecule has 2 aromatic heterocycles. The highest BCUT2D eigenvalue weighted by Gasteiger charge is 2.13. The van der Waals surface area contributed by atoms with Gasteiger partial charge < -0.3 is 15.0 Å². The normalized spacial score (nSPS) is 14.8. The summed E-state index contributed by atoms with van der Waals surface area (Å²) in [5.74, 6) is 2.56. The Morgan fingerprint density at radius 2 is 2.04 bits per heavy atom. The van der Waals surface area contributed by atoms with Crippen LogP contribution in [-0.2, 0) is 4.74 Å². The van der Waals surface area contributed by atoms with E-state index < -0.39 is 0 Å². The molecule has 0 aromatic carbocycles. The molecule has 3 rings (SSSR count). The van der Waals surface area contributed by atoms with Crippen molar-refractivity contribution < 1.29 is 4.74 Å². The second-order valence-corrected chi connectivity index (χ2v) is 5.65. The largest absolute Gasteiger partial charge is 0.378 e. The van der Waals surface area contributed by atoms with E-state index in [1.807, 2.05) is 31.3 Å². The first kappa shape index (κ1) is 15.7. The molecule has 1 aliphatic rings. The van der Waals surface area contributed by atoms with E-state index in [9.17, 15) is 0 Å². The maximum Gasteiger partial charge on any atom is 0.163 e. The number of rotatable bonds is 5. The summed E-state index contributed by atoms with van der Waals surface area (Å²) in [5.41, 5.74) is 1.89. The highest BCUT2D eigenvalue weighted by Crippen LogP contribution is 2.20. The summed E-state index contributed by atoms with van der Waals surface area (Å²) in [6.07, 6.45) is 2.91. The predicted octanol–water partition coefficient (Wildman–Crippen LogP) is 2.51. The molecule has 23 heavy (non-hydrogen) atoms. The summed E-state index contributed by atoms with van der Waals surface area (Å²) in [6.45, 7) is 8.32. The number of aromatic nitrogens is 3. The van der Waals surface area contributed by atoms with Gasteiger partial charge in [-0.25, -0.2) is 15.0 Å². The van der Waals surface area contributed by atoms with Crippen molar-refractivity contribution in [2.24, 2.45) is 0 Å². The minimum atomic E-state index is 0.713. The van der Waals surface area contributed by atoms with Crippen molar-refractivity contribution >= 4 is 11.6 Å². The fourth-order valence-corrected chi connectivity index (χ4v) is 2.54. The van der Waals surface area contributed by atoms with Gasteiger partial charge in [-0.05, 0) is 25.5 Å². The summed E-state index contributed by atoms with van der Waals surface area (Å²) in [7, 11) is 0. The van der Waals surface area contributed by atoms with Crippen LogP contribution in [-0.4, -0.2) is 47.8 Å². The zero-order valence-corrected chi connectivity index (χ0v) is 13.7. The zero-order chi connectivity index (χ0) is 16.1. The number of nitrogens with one attached hydrogen (secondary N) is 1. The van der Waals surface area contributed by atoms with Crippen molar-refractivity contribution in [1.82, 2.24) is 15.0 Å². The van der Waals surface area contributed by atoms with E-state index in [2.05, 4.69) is 32.1 Å². The Morgan fingerprint density at radius 3 is 2.74 bits per heavy atom. The Hall–Kier alpha value is -2.21. The molecule has 1 aliphatic heterocycles. The number of aryl methyl sites for hydroxylation is 1. The summed E-state index contributed by atoms with van der Waals surface area (Å²) >= 11 is 0. The molecule has 1 N–H and O–H groups in total. The van der Waals surface area contributed by atoms with Crippen LogP contribution in [0.1, 0.15) is 19.0 Å². The molecule has 1 fully saturated rings. The third kappa shape index (κ3) is 3.96. The van der Waals surface area contributed by atoms with E-state index in [0.29, 0.717) is 5.82 Å². The maximum atomic E-state index is 5.38. The van der Waals surface area contributed by atoms with E-state index in [4.69, 9.17) is 4.74 Å². The molecule has 0 radical (unpaired) electrons. The highest BCUT2D eigenvalue weighted by atomic mass is 16.5. The maximum absolute atomic E-state index is 5.38. The lowest BCUT2D eigenvalue weighted by atomic mass is 10.2. The molecule has 2 aromatic rings. The molecule has 0 atom stereocenters. The quantitative estimate of drug-likeness (QED) is 0.915. The lowest BCUT2D eigenvalue weighted by Crippen LogP contribution is -2.36. The summed E-state index contributed by atoms with van der Waals surface area (Å²) < 4.78 is 5.38. The lowest BCUT2D eigenvalue weighted by molar-refractivity contribution is 0.122. The second kappa shape index (κ2) is 7.37. The van der Waals surface area contributed by atoms with E-state index in [0.717, 1.165) is 62.2 Å². The van der Waals surface area contributed by atoms with Gasteiger partial charge in [0.25, 0.3) is 0 Å². The van der Waals surface area contributed by atoms with Crippen molar-refractivity contribution in [3.05, 3.63) is 30.1 Å². The molecule has 6 heteroatoms. The summed E-state index contributed by atoms with van der Waals surface area (Å²) in [6, 6.07) is 6.04. The van der Waals surface area contributed by atoms with Crippen molar-refractivity contribution in [3.63, 3.8) is 0 Å². The van der Waals surface area contributed by atoms with Crippen LogP contribution in [0.3, 0.4) is 0 Å². The molecule has 0 spiro atoms. The van der Waals surface area contributed by atoms with Gasteiger partial charge in [0.05, 0.1) is 13.2 Å². The predicted molar refractivity (Wildman–Crippen MR) is 91.8 cm³/mol. The Kier molecular flexibility index (Phi) is 5.02. The van der Waals surface area contributed by atoms with Crippen LogP contribution >= 0.6 is 0 Å². The molecule has 0 saturated carbocycles. The lowest BCUT2D eigenvalue weighted by Gasteiger charge is -2.27. The second-order valence-electron chi connectivity index (χ2n) is 5.65. The van der Waals surface area contributed by atoms with E-state index in [1.54, 1.807) is 0 Å². The molecule has 0 aliphatic carbocycles. The SMILES string of the molecule is CCCNc1cc(C)nc(-c2ccc(N3CCOCC3)nc2)n1. The summed E-state index contributed by atoms with van der Waals surface area (Å²) in [5, 5.41) is 3.31. The van der Waals surface area contributed by atoms with Crippen LogP contribution in [0.25, 0.3) is 11.4 Å². The van der Waals surface area contributed by atoms with Gasteiger partial charge in [0.1, 0.15) is 11.6 Å². The van der Waals surface area contributed by atoms with Crippen LogP contribution in [0.15, 0.2) is 24.4 Å². The van der Waals surface area contributed by atoms with E-state index in [1.165, 1.54) is 0 Å². The van der Waals surface area contributed by atoms with Crippen molar-refractivity contribution in [3.8, 4) is 11.4 Å². The number of morpholine rings is 1. The van der Waals surface area contributed by atoms with E-state index >= 15 is 0 Å². The van der Waals surface area contributed by atoms with Crippen molar-refractivity contribution in [2.75, 3.05) is 43.1 Å². The fraction of sp³-hybridized carbons (Fsp3) is 0.471. The van der Waals surface area contributed by atoms with Crippen molar-refractivity contribution in [2.45, 2.75) is 20.3 Å². The van der Waals surface area contributed by atoms with Gasteiger partial charge in [-0.3, -0.25) is 0 Å². The number of hydrogen-bond acceptors (Lipinski definition) is 6. The van der Waals surface area contributed by atoms with Gasteiger partial charge in [0.15, 0.2) is 5.82 Å². The van der Waals surface area contributed by atoms with Crippen LogP contribution in [0.2, 0.25) is 0 Å². The van der Waals surface area contributed by atoms with Crippen LogP contribution in [0.5, 0.6) is 0 Å². The number of ether oxygens (including phenoxy) is 1. The fourth-order valence-electron chi connectivity index (χ4n) is 2.54. The highest BCUT2D eigenvalue weighted by molar-refractivity contribution is 5.58. The van der Waals surface area contributed by atoms with Gasteiger partial charge in [-0.1, -0.05) is 6.92 Å². The smallest absolute Gasteiger partial charge is 0.163 e. The summed E-state index contributed by atoms with van der Waals surface area (Å²) in [4.78, 5) is 15.9. The number of nitrogens with zero attached hydrogens (tertiary/aromatic N) is 4. The molecule has 1 saturated heterocycles. The molecular weight excluding hydrogens is 290 g/mol.